The fraction of sp³-hybridized carbons (Fsp3) is 0.250. The third kappa shape index (κ3) is 3.37. The molecular formula is C12H12Cl2O. The van der Waals surface area contributed by atoms with Crippen LogP contribution in [-0.2, 0) is 0 Å². The van der Waals surface area contributed by atoms with E-state index in [1.165, 1.54) is 0 Å². The van der Waals surface area contributed by atoms with E-state index in [0.29, 0.717) is 5.56 Å². The van der Waals surface area contributed by atoms with Gasteiger partial charge in [-0.2, -0.15) is 0 Å². The second-order valence-electron chi connectivity index (χ2n) is 3.47. The number of allylic oxidation sites excluding steroid dienone is 1. The highest BCUT2D eigenvalue weighted by Crippen LogP contribution is 2.18. The molecule has 0 aliphatic rings. The minimum atomic E-state index is -1.00. The maximum atomic E-state index is 11.7. The molecule has 0 N–H and O–H groups in total. The maximum Gasteiger partial charge on any atom is 0.196 e. The Hall–Kier alpha value is -0.790. The van der Waals surface area contributed by atoms with Crippen molar-refractivity contribution < 1.29 is 4.79 Å². The van der Waals surface area contributed by atoms with Crippen molar-refractivity contribution in [3.8, 4) is 0 Å². The van der Waals surface area contributed by atoms with Crippen LogP contribution in [0.15, 0.2) is 29.8 Å². The van der Waals surface area contributed by atoms with Gasteiger partial charge in [-0.25, -0.2) is 0 Å². The molecule has 0 spiro atoms. The normalized spacial score (nSPS) is 10.2. The van der Waals surface area contributed by atoms with Crippen LogP contribution in [-0.4, -0.2) is 10.6 Å². The second kappa shape index (κ2) is 5.34. The van der Waals surface area contributed by atoms with Gasteiger partial charge in [-0.3, -0.25) is 4.79 Å². The molecule has 0 bridgehead atoms. The molecule has 0 aliphatic heterocycles. The Bertz CT molecular complexity index is 390. The number of alkyl halides is 2. The fourth-order valence-electron chi connectivity index (χ4n) is 1.28. The largest absolute Gasteiger partial charge is 0.291 e. The highest BCUT2D eigenvalue weighted by atomic mass is 35.5. The molecule has 0 fully saturated rings. The number of hydrogen-bond acceptors (Lipinski definition) is 1. The highest BCUT2D eigenvalue weighted by Gasteiger charge is 2.16. The summed E-state index contributed by atoms with van der Waals surface area (Å²) in [5.41, 5.74) is 2.54. The van der Waals surface area contributed by atoms with Crippen LogP contribution < -0.4 is 0 Å². The van der Waals surface area contributed by atoms with Gasteiger partial charge in [0, 0.05) is 5.56 Å². The third-order valence-electron chi connectivity index (χ3n) is 1.87. The van der Waals surface area contributed by atoms with E-state index in [9.17, 15) is 4.79 Å². The topological polar surface area (TPSA) is 17.1 Å². The van der Waals surface area contributed by atoms with Gasteiger partial charge >= 0.3 is 0 Å². The summed E-state index contributed by atoms with van der Waals surface area (Å²) in [5, 5.41) is 0. The molecule has 0 unspecified atom stereocenters. The molecule has 1 aromatic rings. The molecule has 1 aromatic carbocycles. The SMILES string of the molecule is CC(C)=Cc1ccccc1C(=O)C(Cl)Cl. The maximum absolute atomic E-state index is 11.7. The summed E-state index contributed by atoms with van der Waals surface area (Å²) in [6.07, 6.45) is 1.93. The Labute approximate surface area is 99.7 Å². The van der Waals surface area contributed by atoms with E-state index in [2.05, 4.69) is 0 Å². The van der Waals surface area contributed by atoms with Crippen LogP contribution in [0.1, 0.15) is 29.8 Å². The molecule has 0 heterocycles. The van der Waals surface area contributed by atoms with Crippen LogP contribution in [0.4, 0.5) is 0 Å². The average Bonchev–Trinajstić information content (AvgIpc) is 2.16. The molecule has 0 radical (unpaired) electrons. The minimum Gasteiger partial charge on any atom is -0.291 e. The van der Waals surface area contributed by atoms with Crippen molar-refractivity contribution in [3.63, 3.8) is 0 Å². The van der Waals surface area contributed by atoms with Crippen molar-refractivity contribution in [1.29, 1.82) is 0 Å². The van der Waals surface area contributed by atoms with Crippen molar-refractivity contribution in [3.05, 3.63) is 41.0 Å². The first-order chi connectivity index (χ1) is 7.02. The van der Waals surface area contributed by atoms with Gasteiger partial charge in [-0.15, -0.1) is 0 Å². The summed E-state index contributed by atoms with van der Waals surface area (Å²) >= 11 is 11.1. The number of Topliss-reactive ketones (excluding diaryl/α,β-unsaturated/α-hetero) is 1. The lowest BCUT2D eigenvalue weighted by Gasteiger charge is -2.05. The van der Waals surface area contributed by atoms with Crippen molar-refractivity contribution >= 4 is 35.1 Å². The number of benzene rings is 1. The summed E-state index contributed by atoms with van der Waals surface area (Å²) in [4.78, 5) is 10.7. The molecule has 1 nitrogen and oxygen atoms in total. The van der Waals surface area contributed by atoms with Gasteiger partial charge in [-0.1, -0.05) is 59.1 Å². The van der Waals surface area contributed by atoms with Crippen LogP contribution in [0.5, 0.6) is 0 Å². The Morgan fingerprint density at radius 2 is 1.87 bits per heavy atom. The first kappa shape index (κ1) is 12.3. The Kier molecular flexibility index (Phi) is 4.37. The van der Waals surface area contributed by atoms with Crippen molar-refractivity contribution in [1.82, 2.24) is 0 Å². The summed E-state index contributed by atoms with van der Waals surface area (Å²) < 4.78 is 0. The molecule has 0 aromatic heterocycles. The molecule has 0 amide bonds. The monoisotopic (exact) mass is 242 g/mol. The molecule has 15 heavy (non-hydrogen) atoms. The van der Waals surface area contributed by atoms with Crippen LogP contribution in [0.3, 0.4) is 0 Å². The Morgan fingerprint density at radius 1 is 1.27 bits per heavy atom. The van der Waals surface area contributed by atoms with Crippen molar-refractivity contribution in [2.45, 2.75) is 18.7 Å². The quantitative estimate of drug-likeness (QED) is 0.577. The summed E-state index contributed by atoms with van der Waals surface area (Å²) in [6, 6.07) is 7.28. The van der Waals surface area contributed by atoms with Crippen LogP contribution in [0.25, 0.3) is 6.08 Å². The highest BCUT2D eigenvalue weighted by molar-refractivity contribution is 6.55. The lowest BCUT2D eigenvalue weighted by Crippen LogP contribution is -2.09. The first-order valence-electron chi connectivity index (χ1n) is 4.58. The van der Waals surface area contributed by atoms with Crippen LogP contribution in [0, 0.1) is 0 Å². The van der Waals surface area contributed by atoms with Crippen LogP contribution >= 0.6 is 23.2 Å². The van der Waals surface area contributed by atoms with E-state index in [1.807, 2.05) is 32.1 Å². The van der Waals surface area contributed by atoms with E-state index < -0.39 is 4.84 Å². The van der Waals surface area contributed by atoms with Gasteiger partial charge in [-0.05, 0) is 19.4 Å². The first-order valence-corrected chi connectivity index (χ1v) is 5.46. The molecule has 80 valence electrons. The molecule has 0 saturated carbocycles. The number of ketones is 1. The molecule has 0 saturated heterocycles. The van der Waals surface area contributed by atoms with Gasteiger partial charge in [0.25, 0.3) is 0 Å². The second-order valence-corrected chi connectivity index (χ2v) is 4.57. The van der Waals surface area contributed by atoms with E-state index in [4.69, 9.17) is 23.2 Å². The van der Waals surface area contributed by atoms with Gasteiger partial charge in [0.1, 0.15) is 0 Å². The fourth-order valence-corrected chi connectivity index (χ4v) is 1.51. The minimum absolute atomic E-state index is 0.258. The van der Waals surface area contributed by atoms with E-state index in [0.717, 1.165) is 11.1 Å². The molecule has 3 heteroatoms. The Balaban J connectivity index is 3.18. The smallest absolute Gasteiger partial charge is 0.196 e. The molecule has 0 aliphatic carbocycles. The average molecular weight is 243 g/mol. The summed E-state index contributed by atoms with van der Waals surface area (Å²) in [5.74, 6) is -0.258. The van der Waals surface area contributed by atoms with E-state index >= 15 is 0 Å². The van der Waals surface area contributed by atoms with Crippen molar-refractivity contribution in [2.75, 3.05) is 0 Å². The zero-order valence-electron chi connectivity index (χ0n) is 8.63. The third-order valence-corrected chi connectivity index (χ3v) is 2.27. The molecule has 0 atom stereocenters. The summed E-state index contributed by atoms with van der Waals surface area (Å²) in [7, 11) is 0. The number of carbonyl (C=O) groups excluding carboxylic acids is 1. The van der Waals surface area contributed by atoms with E-state index in [1.54, 1.807) is 12.1 Å². The predicted octanol–water partition coefficient (Wildman–Crippen LogP) is 4.10. The zero-order chi connectivity index (χ0) is 11.4. The van der Waals surface area contributed by atoms with Gasteiger partial charge in [0.05, 0.1) is 0 Å². The van der Waals surface area contributed by atoms with E-state index in [-0.39, 0.29) is 5.78 Å². The standard InChI is InChI=1S/C12H12Cl2O/c1-8(2)7-9-5-3-4-6-10(9)11(15)12(13)14/h3-7,12H,1-2H3. The Morgan fingerprint density at radius 3 is 2.40 bits per heavy atom. The van der Waals surface area contributed by atoms with Gasteiger partial charge in [0.15, 0.2) is 10.6 Å². The zero-order valence-corrected chi connectivity index (χ0v) is 10.1. The lowest BCUT2D eigenvalue weighted by atomic mass is 10.0. The number of carbonyl (C=O) groups is 1. The van der Waals surface area contributed by atoms with Gasteiger partial charge in [0.2, 0.25) is 0 Å². The predicted molar refractivity (Wildman–Crippen MR) is 65.6 cm³/mol. The summed E-state index contributed by atoms with van der Waals surface area (Å²) in [6.45, 7) is 3.94. The molecule has 1 rings (SSSR count). The van der Waals surface area contributed by atoms with Gasteiger partial charge < -0.3 is 0 Å². The number of halogens is 2. The lowest BCUT2D eigenvalue weighted by molar-refractivity contribution is 0.101. The molecular weight excluding hydrogens is 231 g/mol. The number of rotatable bonds is 3. The van der Waals surface area contributed by atoms with Crippen LogP contribution in [0.2, 0.25) is 0 Å². The van der Waals surface area contributed by atoms with Crippen molar-refractivity contribution in [2.24, 2.45) is 0 Å². The number of hydrogen-bond donors (Lipinski definition) is 0.